The third-order valence-corrected chi connectivity index (χ3v) is 3.82. The van der Waals surface area contributed by atoms with Crippen LogP contribution in [0, 0.1) is 5.82 Å². The molecule has 0 aliphatic carbocycles. The Morgan fingerprint density at radius 3 is 2.69 bits per heavy atom. The number of halogens is 1. The van der Waals surface area contributed by atoms with Gasteiger partial charge in [-0.25, -0.2) is 9.18 Å². The number of carboxylic acid groups (broad SMARTS) is 1. The average molecular weight is 357 g/mol. The van der Waals surface area contributed by atoms with E-state index in [-0.39, 0.29) is 23.8 Å². The summed E-state index contributed by atoms with van der Waals surface area (Å²) in [6.45, 7) is 1.83. The summed E-state index contributed by atoms with van der Waals surface area (Å²) < 4.78 is 16.5. The van der Waals surface area contributed by atoms with Crippen LogP contribution in [-0.2, 0) is 11.3 Å². The quantitative estimate of drug-likeness (QED) is 0.704. The van der Waals surface area contributed by atoms with Crippen LogP contribution >= 0.6 is 0 Å². The predicted molar refractivity (Wildman–Crippen MR) is 90.3 cm³/mol. The van der Waals surface area contributed by atoms with Crippen molar-refractivity contribution in [1.29, 1.82) is 0 Å². The second-order valence-electron chi connectivity index (χ2n) is 5.70. The number of amides is 1. The van der Waals surface area contributed by atoms with Crippen molar-refractivity contribution >= 4 is 17.6 Å². The van der Waals surface area contributed by atoms with Gasteiger partial charge in [-0.1, -0.05) is 18.2 Å². The zero-order chi connectivity index (χ0) is 18.7. The fourth-order valence-electron chi connectivity index (χ4n) is 2.34. The Bertz CT molecular complexity index is 949. The maximum Gasteiger partial charge on any atom is 0.338 e. The number of carbonyl (C=O) groups is 2. The molecule has 1 amide bonds. The number of carbonyl (C=O) groups excluding carboxylic acids is 1. The van der Waals surface area contributed by atoms with Crippen molar-refractivity contribution in [3.8, 4) is 0 Å². The molecule has 1 unspecified atom stereocenters. The molecule has 134 valence electrons. The second kappa shape index (κ2) is 7.18. The van der Waals surface area contributed by atoms with Gasteiger partial charge < -0.3 is 10.4 Å². The molecule has 2 N–H and O–H groups in total. The maximum atomic E-state index is 13.7. The Kier molecular flexibility index (Phi) is 4.78. The number of aromatic carboxylic acids is 1. The van der Waals surface area contributed by atoms with E-state index in [0.717, 1.165) is 0 Å². The topological polar surface area (TPSA) is 102 Å². The van der Waals surface area contributed by atoms with Crippen LogP contribution in [-0.4, -0.2) is 36.5 Å². The van der Waals surface area contributed by atoms with Crippen LogP contribution in [0.5, 0.6) is 0 Å². The van der Waals surface area contributed by atoms with Gasteiger partial charge in [0.15, 0.2) is 0 Å². The van der Waals surface area contributed by atoms with Crippen molar-refractivity contribution in [1.82, 2.24) is 19.6 Å². The SMILES string of the molecule is CC(C(=O)Nc1cnn(Cc2ccccc2F)c1)n1cc(C(=O)O)cn1. The van der Waals surface area contributed by atoms with E-state index < -0.39 is 12.0 Å². The molecule has 3 aromatic rings. The first-order valence-electron chi connectivity index (χ1n) is 7.78. The summed E-state index contributed by atoms with van der Waals surface area (Å²) in [5.74, 6) is -1.82. The molecule has 1 atom stereocenters. The van der Waals surface area contributed by atoms with Gasteiger partial charge >= 0.3 is 5.97 Å². The fourth-order valence-corrected chi connectivity index (χ4v) is 2.34. The number of hydrogen-bond acceptors (Lipinski definition) is 4. The monoisotopic (exact) mass is 357 g/mol. The maximum absolute atomic E-state index is 13.7. The minimum Gasteiger partial charge on any atom is -0.478 e. The molecule has 0 aliphatic rings. The first-order valence-corrected chi connectivity index (χ1v) is 7.78. The molecule has 2 heterocycles. The van der Waals surface area contributed by atoms with E-state index in [1.807, 2.05) is 0 Å². The summed E-state index contributed by atoms with van der Waals surface area (Å²) in [6, 6.07) is 5.67. The van der Waals surface area contributed by atoms with Gasteiger partial charge in [-0.3, -0.25) is 14.2 Å². The molecule has 0 saturated carbocycles. The van der Waals surface area contributed by atoms with Crippen molar-refractivity contribution < 1.29 is 19.1 Å². The molecule has 0 fully saturated rings. The highest BCUT2D eigenvalue weighted by Crippen LogP contribution is 2.14. The number of aromatic nitrogens is 4. The van der Waals surface area contributed by atoms with Crippen LogP contribution in [0.1, 0.15) is 28.9 Å². The molecule has 9 heteroatoms. The van der Waals surface area contributed by atoms with E-state index in [9.17, 15) is 14.0 Å². The first-order chi connectivity index (χ1) is 12.4. The zero-order valence-corrected chi connectivity index (χ0v) is 13.8. The van der Waals surface area contributed by atoms with Gasteiger partial charge in [0.25, 0.3) is 0 Å². The Labute approximate surface area is 147 Å². The average Bonchev–Trinajstić information content (AvgIpc) is 3.26. The largest absolute Gasteiger partial charge is 0.478 e. The van der Waals surface area contributed by atoms with Crippen molar-refractivity contribution in [3.05, 3.63) is 66.0 Å². The standard InChI is InChI=1S/C17H16FN5O3/c1-11(23-9-13(6-20-23)17(25)26)16(24)21-14-7-19-22(10-14)8-12-4-2-3-5-15(12)18/h2-7,9-11H,8H2,1H3,(H,21,24)(H,25,26). The summed E-state index contributed by atoms with van der Waals surface area (Å²) in [5.41, 5.74) is 0.936. The van der Waals surface area contributed by atoms with Crippen molar-refractivity contribution in [2.24, 2.45) is 0 Å². The molecule has 8 nitrogen and oxygen atoms in total. The third kappa shape index (κ3) is 3.77. The summed E-state index contributed by atoms with van der Waals surface area (Å²) >= 11 is 0. The van der Waals surface area contributed by atoms with Crippen molar-refractivity contribution in [2.75, 3.05) is 5.32 Å². The number of hydrogen-bond donors (Lipinski definition) is 2. The van der Waals surface area contributed by atoms with Crippen LogP contribution in [0.4, 0.5) is 10.1 Å². The minimum absolute atomic E-state index is 0.00218. The summed E-state index contributed by atoms with van der Waals surface area (Å²) in [4.78, 5) is 23.2. The zero-order valence-electron chi connectivity index (χ0n) is 13.8. The molecule has 1 aromatic carbocycles. The van der Waals surface area contributed by atoms with Crippen LogP contribution < -0.4 is 5.32 Å². The highest BCUT2D eigenvalue weighted by Gasteiger charge is 2.18. The number of carboxylic acids is 1. The first kappa shape index (κ1) is 17.3. The van der Waals surface area contributed by atoms with Crippen LogP contribution in [0.25, 0.3) is 0 Å². The van der Waals surface area contributed by atoms with Crippen LogP contribution in [0.2, 0.25) is 0 Å². The van der Waals surface area contributed by atoms with E-state index in [0.29, 0.717) is 11.3 Å². The lowest BCUT2D eigenvalue weighted by Crippen LogP contribution is -2.23. The lowest BCUT2D eigenvalue weighted by atomic mass is 10.2. The van der Waals surface area contributed by atoms with E-state index in [1.54, 1.807) is 31.3 Å². The predicted octanol–water partition coefficient (Wildman–Crippen LogP) is 2.16. The molecule has 0 radical (unpaired) electrons. The van der Waals surface area contributed by atoms with E-state index >= 15 is 0 Å². The van der Waals surface area contributed by atoms with Gasteiger partial charge in [0, 0.05) is 18.0 Å². The van der Waals surface area contributed by atoms with Gasteiger partial charge in [0.2, 0.25) is 5.91 Å². The molecule has 0 bridgehead atoms. The summed E-state index contributed by atoms with van der Waals surface area (Å²) in [5, 5.41) is 19.6. The van der Waals surface area contributed by atoms with E-state index in [2.05, 4.69) is 15.5 Å². The molecule has 3 rings (SSSR count). The molecular formula is C17H16FN5O3. The lowest BCUT2D eigenvalue weighted by Gasteiger charge is -2.11. The van der Waals surface area contributed by atoms with Gasteiger partial charge in [-0.2, -0.15) is 10.2 Å². The Hall–Kier alpha value is -3.49. The molecule has 0 aliphatic heterocycles. The molecule has 26 heavy (non-hydrogen) atoms. The van der Waals surface area contributed by atoms with Gasteiger partial charge in [0.05, 0.1) is 30.2 Å². The number of nitrogens with zero attached hydrogens (tertiary/aromatic N) is 4. The minimum atomic E-state index is -1.11. The number of rotatable bonds is 6. The van der Waals surface area contributed by atoms with Crippen molar-refractivity contribution in [3.63, 3.8) is 0 Å². The van der Waals surface area contributed by atoms with Gasteiger partial charge in [0.1, 0.15) is 11.9 Å². The molecular weight excluding hydrogens is 341 g/mol. The molecule has 0 spiro atoms. The Balaban J connectivity index is 1.65. The highest BCUT2D eigenvalue weighted by molar-refractivity contribution is 5.93. The Morgan fingerprint density at radius 2 is 2.00 bits per heavy atom. The summed E-state index contributed by atoms with van der Waals surface area (Å²) in [7, 11) is 0. The fraction of sp³-hybridized carbons (Fsp3) is 0.176. The smallest absolute Gasteiger partial charge is 0.338 e. The van der Waals surface area contributed by atoms with Crippen molar-refractivity contribution in [2.45, 2.75) is 19.5 Å². The van der Waals surface area contributed by atoms with E-state index in [1.165, 1.54) is 34.0 Å². The normalized spacial score (nSPS) is 11.9. The molecule has 0 saturated heterocycles. The lowest BCUT2D eigenvalue weighted by molar-refractivity contribution is -0.119. The van der Waals surface area contributed by atoms with Crippen LogP contribution in [0.3, 0.4) is 0 Å². The Morgan fingerprint density at radius 1 is 1.23 bits per heavy atom. The van der Waals surface area contributed by atoms with Crippen LogP contribution in [0.15, 0.2) is 49.1 Å². The highest BCUT2D eigenvalue weighted by atomic mass is 19.1. The molecule has 2 aromatic heterocycles. The number of benzene rings is 1. The second-order valence-corrected chi connectivity index (χ2v) is 5.70. The number of anilines is 1. The van der Waals surface area contributed by atoms with Gasteiger partial charge in [-0.15, -0.1) is 0 Å². The number of nitrogens with one attached hydrogen (secondary N) is 1. The van der Waals surface area contributed by atoms with E-state index in [4.69, 9.17) is 5.11 Å². The third-order valence-electron chi connectivity index (χ3n) is 3.82. The summed E-state index contributed by atoms with van der Waals surface area (Å²) in [6.07, 6.45) is 5.51. The van der Waals surface area contributed by atoms with Gasteiger partial charge in [-0.05, 0) is 13.0 Å².